The van der Waals surface area contributed by atoms with Crippen molar-refractivity contribution in [3.05, 3.63) is 43.6 Å². The summed E-state index contributed by atoms with van der Waals surface area (Å²) in [5.74, 6) is 0.365. The molecule has 0 saturated heterocycles. The molecular formula is C17H18BrCl2NO5. The number of hydrogen-bond acceptors (Lipinski definition) is 5. The summed E-state index contributed by atoms with van der Waals surface area (Å²) < 4.78 is 18.0. The van der Waals surface area contributed by atoms with E-state index in [0.29, 0.717) is 27.1 Å². The molecule has 142 valence electrons. The lowest BCUT2D eigenvalue weighted by Gasteiger charge is -2.19. The second kappa shape index (κ2) is 8.99. The average Bonchev–Trinajstić information content (AvgIpc) is 2.91. The molecule has 0 saturated carbocycles. The van der Waals surface area contributed by atoms with Gasteiger partial charge in [-0.25, -0.2) is 4.79 Å². The van der Waals surface area contributed by atoms with Crippen LogP contribution in [0.5, 0.6) is 11.5 Å². The molecule has 0 aliphatic rings. The maximum Gasteiger partial charge on any atom is 0.355 e. The van der Waals surface area contributed by atoms with Gasteiger partial charge in [0.05, 0.1) is 44.6 Å². The molecular weight excluding hydrogens is 449 g/mol. The molecule has 0 fully saturated rings. The Morgan fingerprint density at radius 3 is 2.46 bits per heavy atom. The number of aliphatic hydroxyl groups excluding tert-OH is 1. The van der Waals surface area contributed by atoms with Crippen LogP contribution in [0.15, 0.2) is 16.6 Å². The van der Waals surface area contributed by atoms with Crippen molar-refractivity contribution in [3.8, 4) is 11.5 Å². The molecule has 2 rings (SSSR count). The van der Waals surface area contributed by atoms with Gasteiger partial charge in [0.1, 0.15) is 22.3 Å². The summed E-state index contributed by atoms with van der Waals surface area (Å²) in [7, 11) is 2.99. The van der Waals surface area contributed by atoms with Crippen LogP contribution in [0.25, 0.3) is 0 Å². The third-order valence-corrected chi connectivity index (χ3v) is 5.26. The summed E-state index contributed by atoms with van der Waals surface area (Å²) in [4.78, 5) is 12.2. The van der Waals surface area contributed by atoms with Crippen molar-refractivity contribution in [1.82, 2.24) is 4.57 Å². The van der Waals surface area contributed by atoms with Crippen molar-refractivity contribution in [3.63, 3.8) is 0 Å². The number of ether oxygens (including phenoxy) is 3. The second-order valence-corrected chi connectivity index (χ2v) is 6.80. The Balaban J connectivity index is 2.61. The van der Waals surface area contributed by atoms with Gasteiger partial charge >= 0.3 is 5.97 Å². The normalized spacial score (nSPS) is 10.7. The van der Waals surface area contributed by atoms with E-state index in [1.807, 2.05) is 0 Å². The van der Waals surface area contributed by atoms with Crippen molar-refractivity contribution < 1.29 is 24.1 Å². The van der Waals surface area contributed by atoms with E-state index >= 15 is 0 Å². The topological polar surface area (TPSA) is 69.9 Å². The summed E-state index contributed by atoms with van der Waals surface area (Å²) in [5.41, 5.74) is 1.37. The number of carbonyl (C=O) groups excluding carboxylic acids is 1. The first kappa shape index (κ1) is 20.9. The number of rotatable bonds is 7. The zero-order valence-corrected chi connectivity index (χ0v) is 17.5. The van der Waals surface area contributed by atoms with E-state index in [1.54, 1.807) is 13.0 Å². The van der Waals surface area contributed by atoms with Crippen LogP contribution in [0.1, 0.15) is 28.5 Å². The minimum absolute atomic E-state index is 0.167. The van der Waals surface area contributed by atoms with Crippen molar-refractivity contribution in [2.45, 2.75) is 20.1 Å². The van der Waals surface area contributed by atoms with Crippen LogP contribution in [-0.4, -0.2) is 36.5 Å². The van der Waals surface area contributed by atoms with Gasteiger partial charge in [-0.1, -0.05) is 39.1 Å². The molecule has 2 aromatic rings. The first-order valence-corrected chi connectivity index (χ1v) is 9.19. The number of nitrogens with zero attached hydrogens (tertiary/aromatic N) is 1. The van der Waals surface area contributed by atoms with Gasteiger partial charge in [-0.2, -0.15) is 0 Å². The van der Waals surface area contributed by atoms with Crippen molar-refractivity contribution in [2.24, 2.45) is 0 Å². The van der Waals surface area contributed by atoms with Crippen LogP contribution in [-0.2, 0) is 17.9 Å². The number of benzene rings is 1. The number of halogens is 3. The minimum atomic E-state index is -0.535. The van der Waals surface area contributed by atoms with Crippen LogP contribution in [0.2, 0.25) is 10.2 Å². The zero-order chi connectivity index (χ0) is 19.4. The number of aliphatic hydroxyl groups is 1. The Morgan fingerprint density at radius 2 is 1.92 bits per heavy atom. The van der Waals surface area contributed by atoms with E-state index < -0.39 is 5.97 Å². The van der Waals surface area contributed by atoms with Gasteiger partial charge < -0.3 is 23.9 Å². The molecule has 0 unspecified atom stereocenters. The van der Waals surface area contributed by atoms with Gasteiger partial charge in [0, 0.05) is 10.0 Å². The Morgan fingerprint density at radius 1 is 1.23 bits per heavy atom. The molecule has 0 radical (unpaired) electrons. The van der Waals surface area contributed by atoms with E-state index in [4.69, 9.17) is 37.4 Å². The highest BCUT2D eigenvalue weighted by Gasteiger charge is 2.24. The van der Waals surface area contributed by atoms with Gasteiger partial charge in [-0.3, -0.25) is 0 Å². The molecule has 0 aliphatic heterocycles. The summed E-state index contributed by atoms with van der Waals surface area (Å²) in [6, 6.07) is 3.17. The van der Waals surface area contributed by atoms with E-state index in [9.17, 15) is 9.90 Å². The van der Waals surface area contributed by atoms with Crippen LogP contribution < -0.4 is 9.47 Å². The molecule has 0 aliphatic carbocycles. The van der Waals surface area contributed by atoms with Gasteiger partial charge in [-0.15, -0.1) is 0 Å². The number of carbonyl (C=O) groups is 1. The van der Waals surface area contributed by atoms with Crippen LogP contribution in [0.4, 0.5) is 0 Å². The number of esters is 1. The van der Waals surface area contributed by atoms with Gasteiger partial charge in [0.15, 0.2) is 0 Å². The van der Waals surface area contributed by atoms with Gasteiger partial charge in [0.2, 0.25) is 0 Å². The molecule has 1 aromatic carbocycles. The number of aromatic nitrogens is 1. The predicted molar refractivity (Wildman–Crippen MR) is 103 cm³/mol. The third kappa shape index (κ3) is 3.96. The van der Waals surface area contributed by atoms with Crippen molar-refractivity contribution >= 4 is 45.1 Å². The number of methoxy groups -OCH3 is 2. The SMILES string of the molecule is CCOC(=O)c1cc(Cl)c(Cl)n1Cc1c(Br)cc(OC)c(CO)c1OC. The van der Waals surface area contributed by atoms with E-state index in [-0.39, 0.29) is 35.6 Å². The standard InChI is InChI=1S/C17H18BrCl2NO5/c1-4-26-17(23)13-6-12(19)16(20)21(13)7-9-11(18)5-14(24-2)10(8-22)15(9)25-3/h5-6,22H,4,7-8H2,1-3H3. The van der Waals surface area contributed by atoms with Crippen molar-refractivity contribution in [2.75, 3.05) is 20.8 Å². The fourth-order valence-corrected chi connectivity index (χ4v) is 3.52. The Hall–Kier alpha value is -1.41. The lowest BCUT2D eigenvalue weighted by atomic mass is 10.1. The average molecular weight is 467 g/mol. The van der Waals surface area contributed by atoms with E-state index in [0.717, 1.165) is 0 Å². The van der Waals surface area contributed by atoms with Crippen LogP contribution in [0.3, 0.4) is 0 Å². The van der Waals surface area contributed by atoms with E-state index in [1.165, 1.54) is 24.9 Å². The van der Waals surface area contributed by atoms with Crippen LogP contribution in [0, 0.1) is 0 Å². The zero-order valence-electron chi connectivity index (χ0n) is 14.4. The molecule has 1 heterocycles. The molecule has 9 heteroatoms. The maximum absolute atomic E-state index is 12.2. The Labute approximate surface area is 169 Å². The van der Waals surface area contributed by atoms with Crippen LogP contribution >= 0.6 is 39.1 Å². The minimum Gasteiger partial charge on any atom is -0.496 e. The largest absolute Gasteiger partial charge is 0.496 e. The Bertz CT molecular complexity index is 822. The first-order valence-electron chi connectivity index (χ1n) is 7.64. The highest BCUT2D eigenvalue weighted by atomic mass is 79.9. The predicted octanol–water partition coefficient (Wildman–Crippen LogP) is 4.29. The summed E-state index contributed by atoms with van der Waals surface area (Å²) in [5, 5.41) is 10.1. The first-order chi connectivity index (χ1) is 12.4. The Kier molecular flexibility index (Phi) is 7.23. The highest BCUT2D eigenvalue weighted by Crippen LogP contribution is 2.39. The fourth-order valence-electron chi connectivity index (χ4n) is 2.60. The molecule has 0 bridgehead atoms. The second-order valence-electron chi connectivity index (χ2n) is 5.18. The monoisotopic (exact) mass is 465 g/mol. The molecule has 6 nitrogen and oxygen atoms in total. The van der Waals surface area contributed by atoms with E-state index in [2.05, 4.69) is 15.9 Å². The molecule has 26 heavy (non-hydrogen) atoms. The maximum atomic E-state index is 12.2. The van der Waals surface area contributed by atoms with Gasteiger partial charge in [0.25, 0.3) is 0 Å². The summed E-state index contributed by atoms with van der Waals surface area (Å²) >= 11 is 15.9. The molecule has 0 atom stereocenters. The third-order valence-electron chi connectivity index (χ3n) is 3.76. The number of hydrogen-bond donors (Lipinski definition) is 1. The molecule has 0 amide bonds. The summed E-state index contributed by atoms with van der Waals surface area (Å²) in [6.07, 6.45) is 0. The van der Waals surface area contributed by atoms with Gasteiger partial charge in [-0.05, 0) is 19.1 Å². The highest BCUT2D eigenvalue weighted by molar-refractivity contribution is 9.10. The fraction of sp³-hybridized carbons (Fsp3) is 0.353. The lowest BCUT2D eigenvalue weighted by molar-refractivity contribution is 0.0514. The molecule has 1 aromatic heterocycles. The molecule has 1 N–H and O–H groups in total. The molecule has 0 spiro atoms. The lowest BCUT2D eigenvalue weighted by Crippen LogP contribution is -2.14. The quantitative estimate of drug-likeness (QED) is 0.616. The summed E-state index contributed by atoms with van der Waals surface area (Å²) in [6.45, 7) is 1.83. The van der Waals surface area contributed by atoms with Crippen molar-refractivity contribution in [1.29, 1.82) is 0 Å². The smallest absolute Gasteiger partial charge is 0.355 e.